The molecule has 3 N–H and O–H groups in total. The Morgan fingerprint density at radius 3 is 2.71 bits per heavy atom. The summed E-state index contributed by atoms with van der Waals surface area (Å²) in [7, 11) is 0. The number of fused-ring (bicyclic) bond motifs is 1. The smallest absolute Gasteiger partial charge is 0.255 e. The summed E-state index contributed by atoms with van der Waals surface area (Å²) in [4.78, 5) is 37.9. The summed E-state index contributed by atoms with van der Waals surface area (Å²) in [6, 6.07) is 5.83. The molecular weight excluding hydrogens is 356 g/mol. The molecule has 150 valence electrons. The second-order valence-electron chi connectivity index (χ2n) is 8.15. The summed E-state index contributed by atoms with van der Waals surface area (Å²) >= 11 is 0. The SMILES string of the molecule is CC(NCc1ccc2c(c1)CN(C1CCC(=O)NC1=O)C2=O)C1CCNCC1. The van der Waals surface area contributed by atoms with Crippen LogP contribution in [0.25, 0.3) is 0 Å². The molecule has 0 aliphatic carbocycles. The first-order valence-corrected chi connectivity index (χ1v) is 10.2. The highest BCUT2D eigenvalue weighted by atomic mass is 16.2. The lowest BCUT2D eigenvalue weighted by molar-refractivity contribution is -0.136. The van der Waals surface area contributed by atoms with Crippen LogP contribution in [0.15, 0.2) is 18.2 Å². The van der Waals surface area contributed by atoms with Crippen molar-refractivity contribution in [2.24, 2.45) is 5.92 Å². The summed E-state index contributed by atoms with van der Waals surface area (Å²) in [6.07, 6.45) is 3.08. The van der Waals surface area contributed by atoms with Crippen LogP contribution < -0.4 is 16.0 Å². The Hall–Kier alpha value is -2.25. The van der Waals surface area contributed by atoms with Crippen LogP contribution in [0.2, 0.25) is 0 Å². The number of amides is 3. The quantitative estimate of drug-likeness (QED) is 0.657. The number of imide groups is 1. The molecule has 2 fully saturated rings. The summed E-state index contributed by atoms with van der Waals surface area (Å²) in [5.41, 5.74) is 2.78. The minimum Gasteiger partial charge on any atom is -0.322 e. The summed E-state index contributed by atoms with van der Waals surface area (Å²) in [5, 5.41) is 9.37. The number of rotatable bonds is 5. The minimum absolute atomic E-state index is 0.118. The molecule has 0 aromatic heterocycles. The fraction of sp³-hybridized carbons (Fsp3) is 0.571. The predicted octanol–water partition coefficient (Wildman–Crippen LogP) is 0.925. The molecule has 28 heavy (non-hydrogen) atoms. The normalized spacial score (nSPS) is 24.2. The highest BCUT2D eigenvalue weighted by molar-refractivity contribution is 6.05. The van der Waals surface area contributed by atoms with Gasteiger partial charge in [-0.05, 0) is 62.4 Å². The average Bonchev–Trinajstić information content (AvgIpc) is 3.02. The number of carbonyl (C=O) groups is 3. The Kier molecular flexibility index (Phi) is 5.46. The molecule has 3 amide bonds. The molecule has 4 rings (SSSR count). The van der Waals surface area contributed by atoms with Gasteiger partial charge < -0.3 is 15.5 Å². The van der Waals surface area contributed by atoms with E-state index < -0.39 is 6.04 Å². The molecule has 0 saturated carbocycles. The highest BCUT2D eigenvalue weighted by Gasteiger charge is 2.39. The number of piperidine rings is 2. The molecule has 7 heteroatoms. The molecular formula is C21H28N4O3. The Bertz CT molecular complexity index is 788. The number of benzene rings is 1. The summed E-state index contributed by atoms with van der Waals surface area (Å²) < 4.78 is 0. The van der Waals surface area contributed by atoms with Crippen molar-refractivity contribution in [3.63, 3.8) is 0 Å². The van der Waals surface area contributed by atoms with Crippen molar-refractivity contribution in [1.82, 2.24) is 20.9 Å². The zero-order valence-electron chi connectivity index (χ0n) is 16.3. The molecule has 0 spiro atoms. The number of nitrogens with zero attached hydrogens (tertiary/aromatic N) is 1. The van der Waals surface area contributed by atoms with Gasteiger partial charge in [0.15, 0.2) is 0 Å². The van der Waals surface area contributed by atoms with Gasteiger partial charge >= 0.3 is 0 Å². The van der Waals surface area contributed by atoms with E-state index in [9.17, 15) is 14.4 Å². The third kappa shape index (κ3) is 3.82. The van der Waals surface area contributed by atoms with Crippen LogP contribution in [0, 0.1) is 5.92 Å². The molecule has 1 aromatic carbocycles. The van der Waals surface area contributed by atoms with Gasteiger partial charge in [0, 0.05) is 31.1 Å². The standard InChI is InChI=1S/C21H28N4O3/c1-13(15-6-8-22-9-7-15)23-11-14-2-3-17-16(10-14)12-25(21(17)28)18-4-5-19(26)24-20(18)27/h2-3,10,13,15,18,22-23H,4-9,11-12H2,1H3,(H,24,26,27). The van der Waals surface area contributed by atoms with Crippen molar-refractivity contribution in [3.8, 4) is 0 Å². The minimum atomic E-state index is -0.556. The fourth-order valence-electron chi connectivity index (χ4n) is 4.53. The van der Waals surface area contributed by atoms with Crippen molar-refractivity contribution < 1.29 is 14.4 Å². The van der Waals surface area contributed by atoms with Gasteiger partial charge in [0.05, 0.1) is 0 Å². The van der Waals surface area contributed by atoms with Gasteiger partial charge in [-0.3, -0.25) is 19.7 Å². The van der Waals surface area contributed by atoms with E-state index in [1.54, 1.807) is 4.90 Å². The van der Waals surface area contributed by atoms with Gasteiger partial charge in [0.1, 0.15) is 6.04 Å². The highest BCUT2D eigenvalue weighted by Crippen LogP contribution is 2.28. The molecule has 3 aliphatic rings. The predicted molar refractivity (Wildman–Crippen MR) is 104 cm³/mol. The number of nitrogens with one attached hydrogen (secondary N) is 3. The van der Waals surface area contributed by atoms with Gasteiger partial charge in [0.25, 0.3) is 5.91 Å². The molecule has 3 aliphatic heterocycles. The third-order valence-corrected chi connectivity index (χ3v) is 6.31. The van der Waals surface area contributed by atoms with Gasteiger partial charge in [-0.25, -0.2) is 0 Å². The van der Waals surface area contributed by atoms with Gasteiger partial charge in [0.2, 0.25) is 11.8 Å². The molecule has 2 unspecified atom stereocenters. The van der Waals surface area contributed by atoms with E-state index in [1.165, 1.54) is 12.8 Å². The molecule has 0 radical (unpaired) electrons. The first-order chi connectivity index (χ1) is 13.5. The van der Waals surface area contributed by atoms with Crippen molar-refractivity contribution >= 4 is 17.7 Å². The molecule has 0 bridgehead atoms. The van der Waals surface area contributed by atoms with Crippen molar-refractivity contribution in [2.75, 3.05) is 13.1 Å². The Morgan fingerprint density at radius 2 is 1.96 bits per heavy atom. The molecule has 7 nitrogen and oxygen atoms in total. The number of carbonyl (C=O) groups excluding carboxylic acids is 3. The van der Waals surface area contributed by atoms with Gasteiger partial charge in [-0.1, -0.05) is 12.1 Å². The first-order valence-electron chi connectivity index (χ1n) is 10.2. The van der Waals surface area contributed by atoms with E-state index in [-0.39, 0.29) is 24.1 Å². The topological polar surface area (TPSA) is 90.5 Å². The monoisotopic (exact) mass is 384 g/mol. The van der Waals surface area contributed by atoms with Crippen LogP contribution >= 0.6 is 0 Å². The lowest BCUT2D eigenvalue weighted by atomic mass is 9.91. The third-order valence-electron chi connectivity index (χ3n) is 6.31. The Balaban J connectivity index is 1.39. The summed E-state index contributed by atoms with van der Waals surface area (Å²) in [6.45, 7) is 5.63. The maximum atomic E-state index is 12.7. The van der Waals surface area contributed by atoms with Crippen molar-refractivity contribution in [2.45, 2.75) is 57.8 Å². The lowest BCUT2D eigenvalue weighted by Gasteiger charge is -2.29. The van der Waals surface area contributed by atoms with Crippen LogP contribution in [0.5, 0.6) is 0 Å². The number of hydrogen-bond donors (Lipinski definition) is 3. The zero-order chi connectivity index (χ0) is 19.7. The summed E-state index contributed by atoms with van der Waals surface area (Å²) in [5.74, 6) is -0.0518. The van der Waals surface area contributed by atoms with Crippen LogP contribution in [0.1, 0.15) is 54.1 Å². The molecule has 2 atom stereocenters. The van der Waals surface area contributed by atoms with Gasteiger partial charge in [-0.2, -0.15) is 0 Å². The average molecular weight is 384 g/mol. The van der Waals surface area contributed by atoms with E-state index in [4.69, 9.17) is 0 Å². The van der Waals surface area contributed by atoms with Crippen LogP contribution in [0.4, 0.5) is 0 Å². The second kappa shape index (κ2) is 8.01. The van der Waals surface area contributed by atoms with Crippen LogP contribution in [-0.4, -0.2) is 47.8 Å². The van der Waals surface area contributed by atoms with Crippen LogP contribution in [0.3, 0.4) is 0 Å². The van der Waals surface area contributed by atoms with E-state index in [2.05, 4.69) is 28.9 Å². The second-order valence-corrected chi connectivity index (χ2v) is 8.15. The first kappa shape index (κ1) is 19.1. The molecule has 3 heterocycles. The van der Waals surface area contributed by atoms with Gasteiger partial charge in [-0.15, -0.1) is 0 Å². The van der Waals surface area contributed by atoms with E-state index >= 15 is 0 Å². The maximum absolute atomic E-state index is 12.7. The van der Waals surface area contributed by atoms with Crippen molar-refractivity contribution in [1.29, 1.82) is 0 Å². The Morgan fingerprint density at radius 1 is 1.18 bits per heavy atom. The number of hydrogen-bond acceptors (Lipinski definition) is 5. The molecule has 2 saturated heterocycles. The van der Waals surface area contributed by atoms with Crippen LogP contribution in [-0.2, 0) is 22.7 Å². The largest absolute Gasteiger partial charge is 0.322 e. The lowest BCUT2D eigenvalue weighted by Crippen LogP contribution is -2.52. The molecule has 1 aromatic rings. The van der Waals surface area contributed by atoms with E-state index in [0.29, 0.717) is 30.5 Å². The Labute approximate surface area is 165 Å². The zero-order valence-corrected chi connectivity index (χ0v) is 16.3. The van der Waals surface area contributed by atoms with E-state index in [0.717, 1.165) is 30.8 Å². The maximum Gasteiger partial charge on any atom is 0.255 e. The van der Waals surface area contributed by atoms with Crippen molar-refractivity contribution in [3.05, 3.63) is 34.9 Å². The van der Waals surface area contributed by atoms with E-state index in [1.807, 2.05) is 12.1 Å². The fourth-order valence-corrected chi connectivity index (χ4v) is 4.53.